The molecule has 0 atom stereocenters. The van der Waals surface area contributed by atoms with Gasteiger partial charge in [-0.05, 0) is 19.4 Å². The first-order valence-corrected chi connectivity index (χ1v) is 4.38. The van der Waals surface area contributed by atoms with Gasteiger partial charge in [0.1, 0.15) is 6.26 Å². The summed E-state index contributed by atoms with van der Waals surface area (Å²) in [5, 5.41) is 0. The van der Waals surface area contributed by atoms with Crippen molar-refractivity contribution < 1.29 is 9.47 Å². The highest BCUT2D eigenvalue weighted by Crippen LogP contribution is 2.05. The number of allylic oxidation sites excluding steroid dienone is 4. The lowest BCUT2D eigenvalue weighted by atomic mass is 10.2. The van der Waals surface area contributed by atoms with Crippen molar-refractivity contribution in [3.8, 4) is 0 Å². The van der Waals surface area contributed by atoms with Gasteiger partial charge in [0.2, 0.25) is 0 Å². The summed E-state index contributed by atoms with van der Waals surface area (Å²) in [5.74, 6) is 0.718. The molecule has 0 aliphatic rings. The standard InChI is InChI=1S/C11H18O2/c1-5-10(6-2)7-8-11(13-4)9-12-3/h5,7-9H,6H2,1-4H3/b8-7-,10-5-,11-9-. The molecule has 0 fully saturated rings. The first kappa shape index (κ1) is 11.8. The monoisotopic (exact) mass is 182 g/mol. The quantitative estimate of drug-likeness (QED) is 0.480. The summed E-state index contributed by atoms with van der Waals surface area (Å²) < 4.78 is 9.89. The molecule has 0 aliphatic heterocycles. The van der Waals surface area contributed by atoms with Gasteiger partial charge in [-0.15, -0.1) is 0 Å². The predicted molar refractivity (Wildman–Crippen MR) is 55.3 cm³/mol. The maximum absolute atomic E-state index is 5.05. The van der Waals surface area contributed by atoms with Gasteiger partial charge in [-0.3, -0.25) is 0 Å². The molecule has 0 aromatic rings. The third-order valence-electron chi connectivity index (χ3n) is 1.71. The van der Waals surface area contributed by atoms with E-state index < -0.39 is 0 Å². The summed E-state index contributed by atoms with van der Waals surface area (Å²) in [6, 6.07) is 0. The zero-order valence-corrected chi connectivity index (χ0v) is 8.83. The highest BCUT2D eigenvalue weighted by molar-refractivity contribution is 5.23. The molecule has 0 aliphatic carbocycles. The fraction of sp³-hybridized carbons (Fsp3) is 0.455. The summed E-state index contributed by atoms with van der Waals surface area (Å²) in [5.41, 5.74) is 1.28. The van der Waals surface area contributed by atoms with Gasteiger partial charge in [-0.25, -0.2) is 0 Å². The van der Waals surface area contributed by atoms with Crippen molar-refractivity contribution in [2.75, 3.05) is 14.2 Å². The van der Waals surface area contributed by atoms with Crippen LogP contribution < -0.4 is 0 Å². The van der Waals surface area contributed by atoms with Crippen LogP contribution in [0.5, 0.6) is 0 Å². The van der Waals surface area contributed by atoms with E-state index in [-0.39, 0.29) is 0 Å². The second-order valence-corrected chi connectivity index (χ2v) is 2.51. The van der Waals surface area contributed by atoms with Crippen LogP contribution in [0.3, 0.4) is 0 Å². The molecule has 0 saturated heterocycles. The highest BCUT2D eigenvalue weighted by atomic mass is 16.5. The summed E-state index contributed by atoms with van der Waals surface area (Å²) >= 11 is 0. The summed E-state index contributed by atoms with van der Waals surface area (Å²) in [6.07, 6.45) is 8.59. The molecule has 0 N–H and O–H groups in total. The van der Waals surface area contributed by atoms with E-state index in [0.29, 0.717) is 0 Å². The van der Waals surface area contributed by atoms with Gasteiger partial charge < -0.3 is 9.47 Å². The van der Waals surface area contributed by atoms with Crippen LogP contribution in [-0.2, 0) is 9.47 Å². The Morgan fingerprint density at radius 1 is 1.23 bits per heavy atom. The molecule has 2 heteroatoms. The van der Waals surface area contributed by atoms with Gasteiger partial charge in [0.15, 0.2) is 5.76 Å². The molecule has 0 rings (SSSR count). The van der Waals surface area contributed by atoms with Crippen molar-refractivity contribution in [3.63, 3.8) is 0 Å². The second kappa shape index (κ2) is 7.47. The first-order valence-electron chi connectivity index (χ1n) is 4.38. The van der Waals surface area contributed by atoms with E-state index in [2.05, 4.69) is 13.0 Å². The molecule has 0 radical (unpaired) electrons. The van der Waals surface area contributed by atoms with Crippen molar-refractivity contribution in [2.45, 2.75) is 20.3 Å². The van der Waals surface area contributed by atoms with Gasteiger partial charge in [0.05, 0.1) is 14.2 Å². The lowest BCUT2D eigenvalue weighted by Gasteiger charge is -2.00. The molecule has 13 heavy (non-hydrogen) atoms. The van der Waals surface area contributed by atoms with Crippen LogP contribution >= 0.6 is 0 Å². The Kier molecular flexibility index (Phi) is 6.79. The van der Waals surface area contributed by atoms with Crippen LogP contribution in [0.1, 0.15) is 20.3 Å². The van der Waals surface area contributed by atoms with Gasteiger partial charge in [0.25, 0.3) is 0 Å². The molecule has 0 unspecified atom stereocenters. The Balaban J connectivity index is 4.30. The van der Waals surface area contributed by atoms with Gasteiger partial charge in [-0.1, -0.05) is 24.6 Å². The average Bonchev–Trinajstić information content (AvgIpc) is 2.17. The van der Waals surface area contributed by atoms with Crippen molar-refractivity contribution in [1.29, 1.82) is 0 Å². The average molecular weight is 182 g/mol. The minimum absolute atomic E-state index is 0.718. The molecule has 74 valence electrons. The molecule has 0 spiro atoms. The predicted octanol–water partition coefficient (Wildman–Crippen LogP) is 3.03. The Morgan fingerprint density at radius 3 is 2.31 bits per heavy atom. The normalized spacial score (nSPS) is 13.5. The molecule has 0 heterocycles. The molecular weight excluding hydrogens is 164 g/mol. The number of methoxy groups -OCH3 is 2. The summed E-state index contributed by atoms with van der Waals surface area (Å²) in [7, 11) is 3.22. The van der Waals surface area contributed by atoms with Crippen molar-refractivity contribution in [1.82, 2.24) is 0 Å². The van der Waals surface area contributed by atoms with Crippen molar-refractivity contribution in [2.24, 2.45) is 0 Å². The topological polar surface area (TPSA) is 18.5 Å². The first-order chi connectivity index (χ1) is 6.28. The highest BCUT2D eigenvalue weighted by Gasteiger charge is 1.89. The Bertz CT molecular complexity index is 212. The molecule has 0 aromatic heterocycles. The molecule has 2 nitrogen and oxygen atoms in total. The SMILES string of the molecule is C\C=C(/C=C\C(=C\OC)OC)CC. The molecule has 0 bridgehead atoms. The van der Waals surface area contributed by atoms with Gasteiger partial charge in [0, 0.05) is 0 Å². The fourth-order valence-corrected chi connectivity index (χ4v) is 0.879. The van der Waals surface area contributed by atoms with Crippen LogP contribution in [0.4, 0.5) is 0 Å². The van der Waals surface area contributed by atoms with E-state index in [9.17, 15) is 0 Å². The number of hydrogen-bond acceptors (Lipinski definition) is 2. The van der Waals surface area contributed by atoms with E-state index in [1.807, 2.05) is 19.1 Å². The lowest BCUT2D eigenvalue weighted by Crippen LogP contribution is -1.83. The van der Waals surface area contributed by atoms with E-state index in [1.54, 1.807) is 20.5 Å². The maximum Gasteiger partial charge on any atom is 0.153 e. The minimum Gasteiger partial charge on any atom is -0.501 e. The largest absolute Gasteiger partial charge is 0.501 e. The summed E-state index contributed by atoms with van der Waals surface area (Å²) in [4.78, 5) is 0. The third-order valence-corrected chi connectivity index (χ3v) is 1.71. The Morgan fingerprint density at radius 2 is 1.92 bits per heavy atom. The molecule has 0 saturated carbocycles. The van der Waals surface area contributed by atoms with E-state index in [4.69, 9.17) is 9.47 Å². The Labute approximate surface area is 80.5 Å². The molecular formula is C11H18O2. The number of hydrogen-bond donors (Lipinski definition) is 0. The summed E-state index contributed by atoms with van der Waals surface area (Å²) in [6.45, 7) is 4.14. The van der Waals surface area contributed by atoms with Gasteiger partial charge >= 0.3 is 0 Å². The third kappa shape index (κ3) is 5.12. The fourth-order valence-electron chi connectivity index (χ4n) is 0.879. The van der Waals surface area contributed by atoms with E-state index in [0.717, 1.165) is 12.2 Å². The van der Waals surface area contributed by atoms with Crippen LogP contribution in [-0.4, -0.2) is 14.2 Å². The van der Waals surface area contributed by atoms with Crippen LogP contribution in [0, 0.1) is 0 Å². The van der Waals surface area contributed by atoms with Crippen LogP contribution in [0.15, 0.2) is 35.8 Å². The van der Waals surface area contributed by atoms with E-state index >= 15 is 0 Å². The zero-order valence-electron chi connectivity index (χ0n) is 8.83. The van der Waals surface area contributed by atoms with Gasteiger partial charge in [-0.2, -0.15) is 0 Å². The van der Waals surface area contributed by atoms with E-state index in [1.165, 1.54) is 5.57 Å². The van der Waals surface area contributed by atoms with Crippen molar-refractivity contribution in [3.05, 3.63) is 35.8 Å². The van der Waals surface area contributed by atoms with Crippen LogP contribution in [0.25, 0.3) is 0 Å². The second-order valence-electron chi connectivity index (χ2n) is 2.51. The van der Waals surface area contributed by atoms with Crippen molar-refractivity contribution >= 4 is 0 Å². The lowest BCUT2D eigenvalue weighted by molar-refractivity contribution is 0.261. The number of ether oxygens (including phenoxy) is 2. The Hall–Kier alpha value is -1.18. The van der Waals surface area contributed by atoms with Crippen LogP contribution in [0.2, 0.25) is 0 Å². The smallest absolute Gasteiger partial charge is 0.153 e. The minimum atomic E-state index is 0.718. The number of rotatable bonds is 5. The zero-order chi connectivity index (χ0) is 10.1. The molecule has 0 aromatic carbocycles. The maximum atomic E-state index is 5.05. The molecule has 0 amide bonds.